The van der Waals surface area contributed by atoms with E-state index in [9.17, 15) is 5.26 Å². The Morgan fingerprint density at radius 1 is 1.29 bits per heavy atom. The maximum Gasteiger partial charge on any atom is 0.142 e. The second-order valence-electron chi connectivity index (χ2n) is 4.87. The molecule has 3 nitrogen and oxygen atoms in total. The monoisotopic (exact) mass is 299 g/mol. The minimum atomic E-state index is 0.285. The Morgan fingerprint density at radius 2 is 2.00 bits per heavy atom. The Labute approximate surface area is 130 Å². The molecule has 21 heavy (non-hydrogen) atoms. The van der Waals surface area contributed by atoms with E-state index in [1.165, 1.54) is 0 Å². The molecular formula is C17H18ClN3. The molecule has 2 rings (SSSR count). The highest BCUT2D eigenvalue weighted by Gasteiger charge is 2.19. The zero-order valence-corrected chi connectivity index (χ0v) is 13.0. The summed E-state index contributed by atoms with van der Waals surface area (Å²) in [5.41, 5.74) is 10.1. The lowest BCUT2D eigenvalue weighted by molar-refractivity contribution is 0.860. The summed E-state index contributed by atoms with van der Waals surface area (Å²) in [5.74, 6) is 0.285. The number of benzene rings is 1. The summed E-state index contributed by atoms with van der Waals surface area (Å²) in [4.78, 5) is 4.43. The molecule has 1 aromatic carbocycles. The van der Waals surface area contributed by atoms with Crippen LogP contribution in [-0.2, 0) is 12.8 Å². The fourth-order valence-electron chi connectivity index (χ4n) is 2.59. The van der Waals surface area contributed by atoms with Crippen molar-refractivity contribution in [1.29, 1.82) is 5.26 Å². The van der Waals surface area contributed by atoms with Crippen LogP contribution < -0.4 is 5.73 Å². The number of aryl methyl sites for hydroxylation is 1. The molecule has 0 bridgehead atoms. The number of aromatic nitrogens is 1. The Morgan fingerprint density at radius 3 is 2.57 bits per heavy atom. The lowest BCUT2D eigenvalue weighted by atomic mass is 9.91. The van der Waals surface area contributed by atoms with Crippen LogP contribution in [0.3, 0.4) is 0 Å². The van der Waals surface area contributed by atoms with E-state index in [1.807, 2.05) is 24.3 Å². The number of halogens is 1. The molecule has 0 unspecified atom stereocenters. The first kappa shape index (κ1) is 15.3. The average Bonchev–Trinajstić information content (AvgIpc) is 2.47. The van der Waals surface area contributed by atoms with E-state index in [0.717, 1.165) is 41.6 Å². The van der Waals surface area contributed by atoms with Crippen LogP contribution in [0.5, 0.6) is 0 Å². The number of nitrogens with zero attached hydrogens (tertiary/aromatic N) is 2. The van der Waals surface area contributed by atoms with E-state index in [-0.39, 0.29) is 5.82 Å². The molecule has 2 N–H and O–H groups in total. The van der Waals surface area contributed by atoms with Crippen LogP contribution in [0.25, 0.3) is 11.1 Å². The van der Waals surface area contributed by atoms with Gasteiger partial charge in [0.15, 0.2) is 0 Å². The van der Waals surface area contributed by atoms with Gasteiger partial charge in [0.25, 0.3) is 0 Å². The largest absolute Gasteiger partial charge is 0.383 e. The summed E-state index contributed by atoms with van der Waals surface area (Å²) in [5, 5.41) is 10.1. The van der Waals surface area contributed by atoms with Crippen molar-refractivity contribution < 1.29 is 0 Å². The first-order valence-corrected chi connectivity index (χ1v) is 7.48. The van der Waals surface area contributed by atoms with E-state index in [1.54, 1.807) is 0 Å². The van der Waals surface area contributed by atoms with Crippen LogP contribution in [-0.4, -0.2) is 4.98 Å². The van der Waals surface area contributed by atoms with Gasteiger partial charge in [0.05, 0.1) is 0 Å². The van der Waals surface area contributed by atoms with Crippen molar-refractivity contribution in [3.63, 3.8) is 0 Å². The number of nitrogen functional groups attached to an aromatic ring is 1. The van der Waals surface area contributed by atoms with Gasteiger partial charge in [-0.2, -0.15) is 5.26 Å². The first-order chi connectivity index (χ1) is 10.1. The van der Waals surface area contributed by atoms with E-state index in [0.29, 0.717) is 10.6 Å². The number of hydrogen-bond donors (Lipinski definition) is 1. The summed E-state index contributed by atoms with van der Waals surface area (Å²) in [6.07, 6.45) is 2.61. The van der Waals surface area contributed by atoms with Gasteiger partial charge in [-0.15, -0.1) is 0 Å². The van der Waals surface area contributed by atoms with Crippen LogP contribution in [0, 0.1) is 11.3 Å². The van der Waals surface area contributed by atoms with Gasteiger partial charge in [0.2, 0.25) is 0 Å². The molecule has 0 aliphatic rings. The van der Waals surface area contributed by atoms with Crippen molar-refractivity contribution in [3.05, 3.63) is 46.1 Å². The summed E-state index contributed by atoms with van der Waals surface area (Å²) in [6.45, 7) is 4.17. The van der Waals surface area contributed by atoms with E-state index in [2.05, 4.69) is 24.9 Å². The minimum absolute atomic E-state index is 0.285. The predicted octanol–water partition coefficient (Wildman–Crippen LogP) is 4.37. The molecule has 2 aromatic rings. The van der Waals surface area contributed by atoms with Crippen molar-refractivity contribution >= 4 is 17.4 Å². The summed E-state index contributed by atoms with van der Waals surface area (Å²) < 4.78 is 0. The Kier molecular flexibility index (Phi) is 4.82. The van der Waals surface area contributed by atoms with Gasteiger partial charge in [-0.05, 0) is 24.5 Å². The predicted molar refractivity (Wildman–Crippen MR) is 87.2 cm³/mol. The fourth-order valence-corrected chi connectivity index (χ4v) is 2.82. The normalized spacial score (nSPS) is 10.4. The molecular weight excluding hydrogens is 282 g/mol. The molecule has 0 aliphatic carbocycles. The number of hydrogen-bond acceptors (Lipinski definition) is 3. The molecule has 1 aromatic heterocycles. The van der Waals surface area contributed by atoms with Crippen molar-refractivity contribution in [3.8, 4) is 17.2 Å². The van der Waals surface area contributed by atoms with Crippen LogP contribution in [0.1, 0.15) is 37.1 Å². The molecule has 0 atom stereocenters. The van der Waals surface area contributed by atoms with E-state index < -0.39 is 0 Å². The molecule has 0 saturated heterocycles. The smallest absolute Gasteiger partial charge is 0.142 e. The second kappa shape index (κ2) is 6.60. The third kappa shape index (κ3) is 2.86. The zero-order chi connectivity index (χ0) is 15.4. The van der Waals surface area contributed by atoms with Crippen LogP contribution >= 0.6 is 11.6 Å². The van der Waals surface area contributed by atoms with E-state index in [4.69, 9.17) is 17.3 Å². The van der Waals surface area contributed by atoms with Crippen molar-refractivity contribution in [2.75, 3.05) is 5.73 Å². The van der Waals surface area contributed by atoms with Gasteiger partial charge in [0, 0.05) is 21.8 Å². The van der Waals surface area contributed by atoms with Crippen LogP contribution in [0.2, 0.25) is 5.02 Å². The van der Waals surface area contributed by atoms with Crippen molar-refractivity contribution in [2.24, 2.45) is 0 Å². The third-order valence-electron chi connectivity index (χ3n) is 3.51. The molecule has 1 heterocycles. The van der Waals surface area contributed by atoms with E-state index >= 15 is 0 Å². The molecule has 0 saturated carbocycles. The quantitative estimate of drug-likeness (QED) is 0.911. The molecule has 0 spiro atoms. The lowest BCUT2D eigenvalue weighted by Crippen LogP contribution is -2.07. The first-order valence-electron chi connectivity index (χ1n) is 7.10. The van der Waals surface area contributed by atoms with Gasteiger partial charge in [0.1, 0.15) is 17.5 Å². The van der Waals surface area contributed by atoms with Crippen molar-refractivity contribution in [1.82, 2.24) is 4.98 Å². The number of anilines is 1. The SMILES string of the molecule is CCCc1nc(N)c(C#N)c(-c2ccccc2Cl)c1CC. The molecule has 0 amide bonds. The summed E-state index contributed by atoms with van der Waals surface area (Å²) in [6, 6.07) is 9.73. The standard InChI is InChI=1S/C17H18ClN3/c1-3-7-15-11(4-2)16(13(10-19)17(20)21-15)12-8-5-6-9-14(12)18/h5-6,8-9H,3-4,7H2,1-2H3,(H2,20,21). The van der Waals surface area contributed by atoms with Gasteiger partial charge in [-0.3, -0.25) is 0 Å². The number of nitriles is 1. The van der Waals surface area contributed by atoms with Crippen LogP contribution in [0.15, 0.2) is 24.3 Å². The molecule has 0 radical (unpaired) electrons. The average molecular weight is 300 g/mol. The number of nitrogens with two attached hydrogens (primary N) is 1. The molecule has 108 valence electrons. The Hall–Kier alpha value is -2.05. The zero-order valence-electron chi connectivity index (χ0n) is 12.3. The third-order valence-corrected chi connectivity index (χ3v) is 3.84. The highest BCUT2D eigenvalue weighted by molar-refractivity contribution is 6.33. The molecule has 4 heteroatoms. The van der Waals surface area contributed by atoms with Gasteiger partial charge >= 0.3 is 0 Å². The Balaban J connectivity index is 2.84. The summed E-state index contributed by atoms with van der Waals surface area (Å²) in [7, 11) is 0. The molecule has 0 fully saturated rings. The Bertz CT molecular complexity index is 702. The topological polar surface area (TPSA) is 62.7 Å². The lowest BCUT2D eigenvalue weighted by Gasteiger charge is -2.17. The second-order valence-corrected chi connectivity index (χ2v) is 5.27. The maximum absolute atomic E-state index is 9.48. The van der Waals surface area contributed by atoms with Crippen LogP contribution in [0.4, 0.5) is 5.82 Å². The molecule has 0 aliphatic heterocycles. The maximum atomic E-state index is 9.48. The summed E-state index contributed by atoms with van der Waals surface area (Å²) >= 11 is 6.33. The highest BCUT2D eigenvalue weighted by Crippen LogP contribution is 2.36. The minimum Gasteiger partial charge on any atom is -0.383 e. The van der Waals surface area contributed by atoms with Gasteiger partial charge < -0.3 is 5.73 Å². The number of rotatable bonds is 4. The van der Waals surface area contributed by atoms with Gasteiger partial charge in [-0.1, -0.05) is 50.1 Å². The van der Waals surface area contributed by atoms with Crippen molar-refractivity contribution in [2.45, 2.75) is 33.1 Å². The number of pyridine rings is 1. The fraction of sp³-hybridized carbons (Fsp3) is 0.294. The highest BCUT2D eigenvalue weighted by atomic mass is 35.5. The van der Waals surface area contributed by atoms with Gasteiger partial charge in [-0.25, -0.2) is 4.98 Å².